The Morgan fingerprint density at radius 1 is 1.17 bits per heavy atom. The van der Waals surface area contributed by atoms with Crippen LogP contribution in [-0.4, -0.2) is 18.6 Å². The molecule has 2 heteroatoms. The number of rotatable bonds is 3. The summed E-state index contributed by atoms with van der Waals surface area (Å²) in [5.74, 6) is 2.28. The number of halogens is 1. The van der Waals surface area contributed by atoms with Crippen molar-refractivity contribution >= 4 is 11.6 Å². The normalized spacial score (nSPS) is 36.8. The molecular formula is C10H19ClO. The predicted molar refractivity (Wildman–Crippen MR) is 52.6 cm³/mol. The van der Waals surface area contributed by atoms with Crippen LogP contribution in [0.15, 0.2) is 0 Å². The van der Waals surface area contributed by atoms with Crippen molar-refractivity contribution in [3.05, 3.63) is 0 Å². The molecule has 0 aromatic heterocycles. The Morgan fingerprint density at radius 3 is 2.25 bits per heavy atom. The lowest BCUT2D eigenvalue weighted by atomic mass is 9.82. The molecule has 0 bridgehead atoms. The van der Waals surface area contributed by atoms with Gasteiger partial charge in [-0.15, -0.1) is 11.6 Å². The average Bonchev–Trinajstić information content (AvgIpc) is 1.99. The predicted octanol–water partition coefficient (Wildman–Crippen LogP) is 3.07. The summed E-state index contributed by atoms with van der Waals surface area (Å²) in [4.78, 5) is 0. The number of hydrogen-bond donors (Lipinski definition) is 0. The van der Waals surface area contributed by atoms with Crippen molar-refractivity contribution in [2.75, 3.05) is 12.5 Å². The van der Waals surface area contributed by atoms with Gasteiger partial charge in [-0.05, 0) is 31.1 Å². The Morgan fingerprint density at radius 2 is 1.75 bits per heavy atom. The van der Waals surface area contributed by atoms with Crippen molar-refractivity contribution < 1.29 is 4.74 Å². The SMILES string of the molecule is CC1CC(C)CC(OCCCl)C1. The van der Waals surface area contributed by atoms with E-state index in [1.807, 2.05) is 0 Å². The van der Waals surface area contributed by atoms with Crippen LogP contribution in [0, 0.1) is 11.8 Å². The highest BCUT2D eigenvalue weighted by molar-refractivity contribution is 6.17. The minimum Gasteiger partial charge on any atom is -0.377 e. The molecule has 0 aliphatic heterocycles. The fourth-order valence-electron chi connectivity index (χ4n) is 2.22. The van der Waals surface area contributed by atoms with Gasteiger partial charge in [-0.2, -0.15) is 0 Å². The zero-order valence-corrected chi connectivity index (χ0v) is 8.81. The van der Waals surface area contributed by atoms with Gasteiger partial charge < -0.3 is 4.74 Å². The minimum absolute atomic E-state index is 0.475. The van der Waals surface area contributed by atoms with Gasteiger partial charge >= 0.3 is 0 Å². The molecule has 0 amide bonds. The van der Waals surface area contributed by atoms with Gasteiger partial charge in [-0.25, -0.2) is 0 Å². The van der Waals surface area contributed by atoms with E-state index in [4.69, 9.17) is 16.3 Å². The van der Waals surface area contributed by atoms with Crippen LogP contribution in [0.25, 0.3) is 0 Å². The van der Waals surface area contributed by atoms with Crippen molar-refractivity contribution in [1.82, 2.24) is 0 Å². The molecule has 0 aromatic carbocycles. The van der Waals surface area contributed by atoms with Gasteiger partial charge in [0, 0.05) is 5.88 Å². The first-order valence-corrected chi connectivity index (χ1v) is 5.43. The van der Waals surface area contributed by atoms with E-state index in [1.54, 1.807) is 0 Å². The number of ether oxygens (including phenoxy) is 1. The van der Waals surface area contributed by atoms with Crippen LogP contribution < -0.4 is 0 Å². The van der Waals surface area contributed by atoms with Crippen molar-refractivity contribution in [2.45, 2.75) is 39.2 Å². The summed E-state index contributed by atoms with van der Waals surface area (Å²) >= 11 is 5.57. The Labute approximate surface area is 80.4 Å². The molecule has 2 atom stereocenters. The topological polar surface area (TPSA) is 9.23 Å². The third-order valence-electron chi connectivity index (χ3n) is 2.57. The van der Waals surface area contributed by atoms with Gasteiger partial charge in [0.15, 0.2) is 0 Å². The van der Waals surface area contributed by atoms with E-state index in [1.165, 1.54) is 19.3 Å². The van der Waals surface area contributed by atoms with E-state index in [0.717, 1.165) is 11.8 Å². The van der Waals surface area contributed by atoms with Crippen LogP contribution in [0.5, 0.6) is 0 Å². The van der Waals surface area contributed by atoms with Crippen LogP contribution in [-0.2, 0) is 4.74 Å². The highest BCUT2D eigenvalue weighted by atomic mass is 35.5. The fourth-order valence-corrected chi connectivity index (χ4v) is 2.31. The molecule has 72 valence electrons. The lowest BCUT2D eigenvalue weighted by Gasteiger charge is -2.31. The molecule has 0 spiro atoms. The molecule has 1 fully saturated rings. The molecule has 0 heterocycles. The maximum atomic E-state index is 5.64. The number of alkyl halides is 1. The minimum atomic E-state index is 0.475. The van der Waals surface area contributed by atoms with Gasteiger partial charge in [0.05, 0.1) is 12.7 Å². The summed E-state index contributed by atoms with van der Waals surface area (Å²) in [7, 11) is 0. The molecule has 1 nitrogen and oxygen atoms in total. The summed E-state index contributed by atoms with van der Waals surface area (Å²) < 4.78 is 5.64. The van der Waals surface area contributed by atoms with E-state index in [0.29, 0.717) is 18.6 Å². The molecule has 1 saturated carbocycles. The lowest BCUT2D eigenvalue weighted by Crippen LogP contribution is -2.26. The molecule has 0 N–H and O–H groups in total. The molecule has 12 heavy (non-hydrogen) atoms. The van der Waals surface area contributed by atoms with Gasteiger partial charge in [0.1, 0.15) is 0 Å². The van der Waals surface area contributed by atoms with E-state index >= 15 is 0 Å². The summed E-state index contributed by atoms with van der Waals surface area (Å²) in [6.45, 7) is 5.34. The highest BCUT2D eigenvalue weighted by Gasteiger charge is 2.23. The standard InChI is InChI=1S/C10H19ClO/c1-8-5-9(2)7-10(6-8)12-4-3-11/h8-10H,3-7H2,1-2H3. The van der Waals surface area contributed by atoms with Crippen molar-refractivity contribution in [2.24, 2.45) is 11.8 Å². The monoisotopic (exact) mass is 190 g/mol. The van der Waals surface area contributed by atoms with Crippen LogP contribution in [0.3, 0.4) is 0 Å². The zero-order valence-electron chi connectivity index (χ0n) is 8.05. The Bertz CT molecular complexity index is 117. The molecule has 0 radical (unpaired) electrons. The fraction of sp³-hybridized carbons (Fsp3) is 1.00. The molecule has 0 aromatic rings. The van der Waals surface area contributed by atoms with Gasteiger partial charge in [0.25, 0.3) is 0 Å². The smallest absolute Gasteiger partial charge is 0.0605 e. The summed E-state index contributed by atoms with van der Waals surface area (Å²) in [5.41, 5.74) is 0. The second-order valence-electron chi connectivity index (χ2n) is 4.10. The summed E-state index contributed by atoms with van der Waals surface area (Å²) in [6, 6.07) is 0. The van der Waals surface area contributed by atoms with Gasteiger partial charge in [0.2, 0.25) is 0 Å². The van der Waals surface area contributed by atoms with Crippen LogP contribution >= 0.6 is 11.6 Å². The van der Waals surface area contributed by atoms with Gasteiger partial charge in [-0.1, -0.05) is 13.8 Å². The first-order chi connectivity index (χ1) is 5.72. The third-order valence-corrected chi connectivity index (χ3v) is 2.72. The maximum Gasteiger partial charge on any atom is 0.0605 e. The van der Waals surface area contributed by atoms with Crippen molar-refractivity contribution in [3.63, 3.8) is 0 Å². The van der Waals surface area contributed by atoms with Crippen LogP contribution in [0.1, 0.15) is 33.1 Å². The molecule has 0 saturated heterocycles. The molecule has 2 unspecified atom stereocenters. The van der Waals surface area contributed by atoms with E-state index in [2.05, 4.69) is 13.8 Å². The number of hydrogen-bond acceptors (Lipinski definition) is 1. The quantitative estimate of drug-likeness (QED) is 0.622. The maximum absolute atomic E-state index is 5.64. The third kappa shape index (κ3) is 3.32. The molecule has 1 aliphatic rings. The summed E-state index contributed by atoms with van der Waals surface area (Å²) in [5, 5.41) is 0. The Kier molecular flexibility index (Phi) is 4.38. The molecular weight excluding hydrogens is 172 g/mol. The zero-order chi connectivity index (χ0) is 8.97. The van der Waals surface area contributed by atoms with Crippen molar-refractivity contribution in [1.29, 1.82) is 0 Å². The van der Waals surface area contributed by atoms with E-state index in [-0.39, 0.29) is 0 Å². The highest BCUT2D eigenvalue weighted by Crippen LogP contribution is 2.30. The van der Waals surface area contributed by atoms with Crippen molar-refractivity contribution in [3.8, 4) is 0 Å². The molecule has 1 rings (SSSR count). The van der Waals surface area contributed by atoms with E-state index in [9.17, 15) is 0 Å². The van der Waals surface area contributed by atoms with E-state index < -0.39 is 0 Å². The largest absolute Gasteiger partial charge is 0.377 e. The second-order valence-corrected chi connectivity index (χ2v) is 4.48. The lowest BCUT2D eigenvalue weighted by molar-refractivity contribution is 0.00881. The van der Waals surface area contributed by atoms with Crippen LogP contribution in [0.2, 0.25) is 0 Å². The first-order valence-electron chi connectivity index (χ1n) is 4.90. The Balaban J connectivity index is 2.24. The average molecular weight is 191 g/mol. The van der Waals surface area contributed by atoms with Crippen LogP contribution in [0.4, 0.5) is 0 Å². The second kappa shape index (κ2) is 5.08. The summed E-state index contributed by atoms with van der Waals surface area (Å²) in [6.07, 6.45) is 4.28. The first kappa shape index (κ1) is 10.3. The molecule has 1 aliphatic carbocycles. The Hall–Kier alpha value is 0.250. The van der Waals surface area contributed by atoms with Gasteiger partial charge in [-0.3, -0.25) is 0 Å².